The second-order valence-corrected chi connectivity index (χ2v) is 4.58. The van der Waals surface area contributed by atoms with E-state index in [0.29, 0.717) is 0 Å². The Balaban J connectivity index is 1.97. The van der Waals surface area contributed by atoms with Gasteiger partial charge in [-0.05, 0) is 5.56 Å². The topological polar surface area (TPSA) is 83.9 Å². The van der Waals surface area contributed by atoms with E-state index in [1.54, 1.807) is 0 Å². The Bertz CT molecular complexity index is 514. The van der Waals surface area contributed by atoms with E-state index in [4.69, 9.17) is 9.84 Å². The van der Waals surface area contributed by atoms with Crippen LogP contribution in [0.1, 0.15) is 18.4 Å². The zero-order valence-corrected chi connectivity index (χ0v) is 10.8. The number of benzene rings is 1. The molecular weight excluding hydrogens is 262 g/mol. The zero-order valence-electron chi connectivity index (χ0n) is 10.8. The fourth-order valence-electron chi connectivity index (χ4n) is 2.07. The summed E-state index contributed by atoms with van der Waals surface area (Å²) in [6.07, 6.45) is -0.686. The number of ketones is 1. The third kappa shape index (κ3) is 3.34. The maximum absolute atomic E-state index is 11.9. The van der Waals surface area contributed by atoms with Crippen LogP contribution in [-0.4, -0.2) is 40.4 Å². The molecule has 0 unspecified atom stereocenters. The molecule has 1 amide bonds. The van der Waals surface area contributed by atoms with E-state index in [9.17, 15) is 14.4 Å². The lowest BCUT2D eigenvalue weighted by atomic mass is 10.0. The van der Waals surface area contributed by atoms with Crippen LogP contribution in [0.3, 0.4) is 0 Å². The molecule has 20 heavy (non-hydrogen) atoms. The van der Waals surface area contributed by atoms with Crippen molar-refractivity contribution >= 4 is 17.8 Å². The lowest BCUT2D eigenvalue weighted by molar-refractivity contribution is -0.146. The fraction of sp³-hybridized carbons (Fsp3) is 0.357. The summed E-state index contributed by atoms with van der Waals surface area (Å²) in [5.74, 6) is -1.33. The van der Waals surface area contributed by atoms with Gasteiger partial charge in [0.15, 0.2) is 0 Å². The number of ether oxygens (including phenoxy) is 1. The second-order valence-electron chi connectivity index (χ2n) is 4.58. The van der Waals surface area contributed by atoms with Gasteiger partial charge in [0, 0.05) is 19.4 Å². The molecule has 0 aliphatic carbocycles. The van der Waals surface area contributed by atoms with Crippen molar-refractivity contribution in [3.05, 3.63) is 35.9 Å². The van der Waals surface area contributed by atoms with E-state index in [0.717, 1.165) is 10.5 Å². The lowest BCUT2D eigenvalue weighted by Gasteiger charge is -2.31. The molecule has 0 bridgehead atoms. The Morgan fingerprint density at radius 3 is 2.65 bits per heavy atom. The Kier molecular flexibility index (Phi) is 4.34. The Morgan fingerprint density at radius 2 is 2.00 bits per heavy atom. The molecule has 1 aliphatic heterocycles. The van der Waals surface area contributed by atoms with Crippen molar-refractivity contribution in [1.82, 2.24) is 4.90 Å². The number of Topliss-reactive ketones (excluding diaryl/α,β-unsaturated/α-hetero) is 1. The van der Waals surface area contributed by atoms with Gasteiger partial charge >= 0.3 is 12.1 Å². The van der Waals surface area contributed by atoms with Crippen molar-refractivity contribution in [2.45, 2.75) is 25.5 Å². The summed E-state index contributed by atoms with van der Waals surface area (Å²) < 4.78 is 5.10. The maximum atomic E-state index is 11.9. The van der Waals surface area contributed by atoms with Crippen molar-refractivity contribution in [3.63, 3.8) is 0 Å². The summed E-state index contributed by atoms with van der Waals surface area (Å²) in [5.41, 5.74) is 0.820. The summed E-state index contributed by atoms with van der Waals surface area (Å²) in [4.78, 5) is 35.4. The number of carboxylic acids is 1. The highest BCUT2D eigenvalue weighted by Crippen LogP contribution is 2.16. The molecule has 106 valence electrons. The van der Waals surface area contributed by atoms with Crippen molar-refractivity contribution < 1.29 is 24.2 Å². The van der Waals surface area contributed by atoms with Gasteiger partial charge in [-0.15, -0.1) is 0 Å². The predicted molar refractivity (Wildman–Crippen MR) is 69.0 cm³/mol. The molecule has 1 fully saturated rings. The number of rotatable bonds is 3. The number of piperidine rings is 1. The van der Waals surface area contributed by atoms with Crippen LogP contribution in [0.4, 0.5) is 4.79 Å². The number of carbonyl (C=O) groups is 3. The Morgan fingerprint density at radius 1 is 1.30 bits per heavy atom. The first-order chi connectivity index (χ1) is 9.58. The van der Waals surface area contributed by atoms with Crippen LogP contribution in [0, 0.1) is 0 Å². The highest BCUT2D eigenvalue weighted by molar-refractivity contribution is 5.90. The zero-order chi connectivity index (χ0) is 14.5. The summed E-state index contributed by atoms with van der Waals surface area (Å²) >= 11 is 0. The number of amides is 1. The van der Waals surface area contributed by atoms with Gasteiger partial charge in [-0.25, -0.2) is 9.59 Å². The number of hydrogen-bond donors (Lipinski definition) is 1. The van der Waals surface area contributed by atoms with Gasteiger partial charge in [0.05, 0.1) is 0 Å². The van der Waals surface area contributed by atoms with Crippen LogP contribution in [0.25, 0.3) is 0 Å². The van der Waals surface area contributed by atoms with Gasteiger partial charge in [0.25, 0.3) is 0 Å². The van der Waals surface area contributed by atoms with Gasteiger partial charge in [-0.3, -0.25) is 9.69 Å². The minimum absolute atomic E-state index is 0.0798. The normalized spacial score (nSPS) is 18.7. The minimum atomic E-state index is -1.19. The number of carbonyl (C=O) groups excluding carboxylic acids is 2. The third-order valence-corrected chi connectivity index (χ3v) is 3.15. The van der Waals surface area contributed by atoms with E-state index >= 15 is 0 Å². The van der Waals surface area contributed by atoms with Crippen LogP contribution >= 0.6 is 0 Å². The van der Waals surface area contributed by atoms with E-state index < -0.39 is 18.1 Å². The summed E-state index contributed by atoms with van der Waals surface area (Å²) in [7, 11) is 0. The number of nitrogens with zero attached hydrogens (tertiary/aromatic N) is 1. The van der Waals surface area contributed by atoms with Crippen LogP contribution < -0.4 is 0 Å². The monoisotopic (exact) mass is 277 g/mol. The van der Waals surface area contributed by atoms with Crippen molar-refractivity contribution in [2.24, 2.45) is 0 Å². The van der Waals surface area contributed by atoms with Gasteiger partial charge in [-0.1, -0.05) is 30.3 Å². The molecule has 0 aromatic heterocycles. The first kappa shape index (κ1) is 14.0. The fourth-order valence-corrected chi connectivity index (χ4v) is 2.07. The van der Waals surface area contributed by atoms with E-state index in [1.165, 1.54) is 0 Å². The molecule has 1 atom stereocenters. The van der Waals surface area contributed by atoms with Crippen molar-refractivity contribution in [2.75, 3.05) is 6.54 Å². The summed E-state index contributed by atoms with van der Waals surface area (Å²) in [6.45, 7) is 0.167. The molecule has 1 heterocycles. The standard InChI is InChI=1S/C14H15NO5/c16-11-6-7-15(12(8-11)13(17)18)14(19)20-9-10-4-2-1-3-5-10/h1-5,12H,6-9H2,(H,17,18)/t12-/m0/s1. The van der Waals surface area contributed by atoms with Crippen LogP contribution in [0.5, 0.6) is 0 Å². The molecule has 1 aromatic rings. The molecule has 6 heteroatoms. The molecule has 0 radical (unpaired) electrons. The first-order valence-corrected chi connectivity index (χ1v) is 6.30. The average Bonchev–Trinajstić information content (AvgIpc) is 2.45. The predicted octanol–water partition coefficient (Wildman–Crippen LogP) is 1.44. The average molecular weight is 277 g/mol. The van der Waals surface area contributed by atoms with E-state index in [2.05, 4.69) is 0 Å². The second kappa shape index (κ2) is 6.18. The number of aliphatic carboxylic acids is 1. The molecule has 1 aromatic carbocycles. The van der Waals surface area contributed by atoms with Crippen LogP contribution in [0.2, 0.25) is 0 Å². The van der Waals surface area contributed by atoms with Crippen molar-refractivity contribution in [3.8, 4) is 0 Å². The number of carboxylic acid groups (broad SMARTS) is 1. The molecule has 1 N–H and O–H groups in total. The molecular formula is C14H15NO5. The first-order valence-electron chi connectivity index (χ1n) is 6.30. The molecule has 2 rings (SSSR count). The molecule has 0 saturated carbocycles. The SMILES string of the molecule is O=C1CCN(C(=O)OCc2ccccc2)[C@H](C(=O)O)C1. The quantitative estimate of drug-likeness (QED) is 0.903. The Hall–Kier alpha value is -2.37. The minimum Gasteiger partial charge on any atom is -0.480 e. The van der Waals surface area contributed by atoms with Crippen LogP contribution in [0.15, 0.2) is 30.3 Å². The summed E-state index contributed by atoms with van der Waals surface area (Å²) in [5, 5.41) is 9.06. The van der Waals surface area contributed by atoms with E-state index in [1.807, 2.05) is 30.3 Å². The van der Waals surface area contributed by atoms with E-state index in [-0.39, 0.29) is 31.8 Å². The molecule has 0 spiro atoms. The highest BCUT2D eigenvalue weighted by Gasteiger charge is 2.36. The van der Waals surface area contributed by atoms with Gasteiger partial charge in [0.1, 0.15) is 18.4 Å². The number of hydrogen-bond acceptors (Lipinski definition) is 4. The van der Waals surface area contributed by atoms with Crippen molar-refractivity contribution in [1.29, 1.82) is 0 Å². The van der Waals surface area contributed by atoms with Crippen LogP contribution in [-0.2, 0) is 20.9 Å². The lowest BCUT2D eigenvalue weighted by Crippen LogP contribution is -2.50. The van der Waals surface area contributed by atoms with Gasteiger partial charge < -0.3 is 9.84 Å². The maximum Gasteiger partial charge on any atom is 0.410 e. The molecule has 1 aliphatic rings. The smallest absolute Gasteiger partial charge is 0.410 e. The Labute approximate surface area is 115 Å². The number of likely N-dealkylation sites (tertiary alicyclic amines) is 1. The van der Waals surface area contributed by atoms with Gasteiger partial charge in [-0.2, -0.15) is 0 Å². The van der Waals surface area contributed by atoms with Gasteiger partial charge in [0.2, 0.25) is 0 Å². The molecule has 1 saturated heterocycles. The highest BCUT2D eigenvalue weighted by atomic mass is 16.6. The third-order valence-electron chi connectivity index (χ3n) is 3.15. The largest absolute Gasteiger partial charge is 0.480 e. The summed E-state index contributed by atoms with van der Waals surface area (Å²) in [6, 6.07) is 7.98. The molecule has 6 nitrogen and oxygen atoms in total.